The second kappa shape index (κ2) is 6.64. The summed E-state index contributed by atoms with van der Waals surface area (Å²) in [6.07, 6.45) is 0.0953. The third-order valence-electron chi connectivity index (χ3n) is 3.54. The van der Waals surface area contributed by atoms with E-state index in [-0.39, 0.29) is 30.7 Å². The Bertz CT molecular complexity index is 774. The van der Waals surface area contributed by atoms with E-state index in [0.29, 0.717) is 17.7 Å². The number of halogens is 1. The number of imide groups is 1. The maximum atomic E-state index is 12.3. The maximum Gasteiger partial charge on any atom is 0.261 e. The first kappa shape index (κ1) is 15.9. The molecule has 3 rings (SSSR count). The fourth-order valence-electron chi connectivity index (χ4n) is 2.37. The summed E-state index contributed by atoms with van der Waals surface area (Å²) in [4.78, 5) is 38.6. The van der Waals surface area contributed by atoms with Crippen LogP contribution in [0.3, 0.4) is 0 Å². The number of fused-ring (bicyclic) bond motifs is 1. The zero-order chi connectivity index (χ0) is 16.4. The van der Waals surface area contributed by atoms with Gasteiger partial charge in [0.05, 0.1) is 17.7 Å². The predicted molar refractivity (Wildman–Crippen MR) is 90.3 cm³/mol. The average molecular weight is 393 g/mol. The number of amides is 3. The minimum Gasteiger partial charge on any atom is -0.351 e. The van der Waals surface area contributed by atoms with Gasteiger partial charge >= 0.3 is 0 Å². The summed E-state index contributed by atoms with van der Waals surface area (Å²) in [6, 6.07) is 8.83. The second-order valence-electron chi connectivity index (χ2n) is 5.06. The molecule has 5 nitrogen and oxygen atoms in total. The summed E-state index contributed by atoms with van der Waals surface area (Å²) in [7, 11) is 0. The molecule has 1 aromatic carbocycles. The van der Waals surface area contributed by atoms with Gasteiger partial charge in [0.15, 0.2) is 0 Å². The van der Waals surface area contributed by atoms with Gasteiger partial charge in [-0.3, -0.25) is 19.3 Å². The molecule has 2 heterocycles. The normalized spacial score (nSPS) is 13.3. The summed E-state index contributed by atoms with van der Waals surface area (Å²) in [6.45, 7) is 0.547. The first-order chi connectivity index (χ1) is 11.1. The lowest BCUT2D eigenvalue weighted by Gasteiger charge is -2.13. The van der Waals surface area contributed by atoms with Crippen LogP contribution in [-0.4, -0.2) is 29.2 Å². The molecule has 1 N–H and O–H groups in total. The number of hydrogen-bond donors (Lipinski definition) is 1. The first-order valence-electron chi connectivity index (χ1n) is 7.01. The Labute approximate surface area is 145 Å². The van der Waals surface area contributed by atoms with E-state index < -0.39 is 0 Å². The first-order valence-corrected chi connectivity index (χ1v) is 8.68. The molecule has 0 spiro atoms. The smallest absolute Gasteiger partial charge is 0.261 e. The largest absolute Gasteiger partial charge is 0.351 e. The van der Waals surface area contributed by atoms with E-state index in [9.17, 15) is 14.4 Å². The van der Waals surface area contributed by atoms with Crippen molar-refractivity contribution in [2.45, 2.75) is 13.0 Å². The standard InChI is InChI=1S/C16H13BrN2O3S/c17-10-3-4-12-13(8-10)16(22)19(15(12)21)6-5-14(20)18-9-11-2-1-7-23-11/h1-4,7-8H,5-6,9H2,(H,18,20). The van der Waals surface area contributed by atoms with E-state index in [4.69, 9.17) is 0 Å². The molecule has 0 atom stereocenters. The van der Waals surface area contributed by atoms with Gasteiger partial charge in [0, 0.05) is 22.3 Å². The summed E-state index contributed by atoms with van der Waals surface area (Å²) in [5.41, 5.74) is 0.764. The molecule has 1 aliphatic rings. The van der Waals surface area contributed by atoms with Crippen molar-refractivity contribution in [2.24, 2.45) is 0 Å². The Balaban J connectivity index is 1.58. The van der Waals surface area contributed by atoms with E-state index in [1.165, 1.54) is 0 Å². The highest BCUT2D eigenvalue weighted by Crippen LogP contribution is 2.26. The van der Waals surface area contributed by atoms with Gasteiger partial charge in [-0.1, -0.05) is 22.0 Å². The van der Waals surface area contributed by atoms with Gasteiger partial charge in [0.2, 0.25) is 5.91 Å². The van der Waals surface area contributed by atoms with Crippen LogP contribution in [0.15, 0.2) is 40.2 Å². The molecule has 118 valence electrons. The van der Waals surface area contributed by atoms with Crippen molar-refractivity contribution in [3.05, 3.63) is 56.2 Å². The van der Waals surface area contributed by atoms with Crippen LogP contribution >= 0.6 is 27.3 Å². The molecule has 0 saturated carbocycles. The molecular formula is C16H13BrN2O3S. The third kappa shape index (κ3) is 3.35. The molecule has 0 radical (unpaired) electrons. The van der Waals surface area contributed by atoms with Crippen LogP contribution in [0, 0.1) is 0 Å². The molecule has 0 unspecified atom stereocenters. The summed E-state index contributed by atoms with van der Waals surface area (Å²) in [5.74, 6) is -0.878. The highest BCUT2D eigenvalue weighted by molar-refractivity contribution is 9.10. The van der Waals surface area contributed by atoms with Crippen molar-refractivity contribution in [1.29, 1.82) is 0 Å². The van der Waals surface area contributed by atoms with Crippen LogP contribution in [0.1, 0.15) is 32.0 Å². The predicted octanol–water partition coefficient (Wildman–Crippen LogP) is 2.81. The van der Waals surface area contributed by atoms with E-state index in [2.05, 4.69) is 21.2 Å². The summed E-state index contributed by atoms with van der Waals surface area (Å²) in [5, 5.41) is 4.73. The fourth-order valence-corrected chi connectivity index (χ4v) is 3.37. The van der Waals surface area contributed by atoms with Gasteiger partial charge in [0.1, 0.15) is 0 Å². The van der Waals surface area contributed by atoms with Crippen LogP contribution < -0.4 is 5.32 Å². The Morgan fingerprint density at radius 2 is 1.96 bits per heavy atom. The van der Waals surface area contributed by atoms with Crippen molar-refractivity contribution >= 4 is 45.0 Å². The van der Waals surface area contributed by atoms with Crippen molar-refractivity contribution in [3.8, 4) is 0 Å². The van der Waals surface area contributed by atoms with Crippen molar-refractivity contribution in [3.63, 3.8) is 0 Å². The third-order valence-corrected chi connectivity index (χ3v) is 4.90. The van der Waals surface area contributed by atoms with Crippen LogP contribution in [0.5, 0.6) is 0 Å². The number of rotatable bonds is 5. The number of hydrogen-bond acceptors (Lipinski definition) is 4. The molecule has 0 bridgehead atoms. The summed E-state index contributed by atoms with van der Waals surface area (Å²) < 4.78 is 0.743. The van der Waals surface area contributed by atoms with Gasteiger partial charge in [-0.15, -0.1) is 11.3 Å². The maximum absolute atomic E-state index is 12.3. The number of nitrogens with zero attached hydrogens (tertiary/aromatic N) is 1. The second-order valence-corrected chi connectivity index (χ2v) is 7.01. The van der Waals surface area contributed by atoms with Gasteiger partial charge in [0.25, 0.3) is 11.8 Å². The van der Waals surface area contributed by atoms with Gasteiger partial charge < -0.3 is 5.32 Å². The van der Waals surface area contributed by atoms with Crippen LogP contribution in [0.25, 0.3) is 0 Å². The molecule has 1 aliphatic heterocycles. The lowest BCUT2D eigenvalue weighted by Crippen LogP contribution is -2.34. The molecule has 1 aromatic heterocycles. The molecular weight excluding hydrogens is 380 g/mol. The molecule has 0 saturated heterocycles. The molecule has 23 heavy (non-hydrogen) atoms. The van der Waals surface area contributed by atoms with Crippen molar-refractivity contribution < 1.29 is 14.4 Å². The fraction of sp³-hybridized carbons (Fsp3) is 0.188. The molecule has 0 aliphatic carbocycles. The van der Waals surface area contributed by atoms with Gasteiger partial charge in [-0.2, -0.15) is 0 Å². The minimum absolute atomic E-state index is 0.0836. The van der Waals surface area contributed by atoms with Crippen molar-refractivity contribution in [2.75, 3.05) is 6.54 Å². The zero-order valence-electron chi connectivity index (χ0n) is 12.0. The highest BCUT2D eigenvalue weighted by Gasteiger charge is 2.35. The zero-order valence-corrected chi connectivity index (χ0v) is 14.4. The van der Waals surface area contributed by atoms with Gasteiger partial charge in [-0.05, 0) is 29.6 Å². The van der Waals surface area contributed by atoms with E-state index in [0.717, 1.165) is 14.2 Å². The molecule has 0 fully saturated rings. The number of nitrogens with one attached hydrogen (secondary N) is 1. The van der Waals surface area contributed by atoms with E-state index in [1.807, 2.05) is 17.5 Å². The summed E-state index contributed by atoms with van der Waals surface area (Å²) >= 11 is 4.85. The Hall–Kier alpha value is -1.99. The average Bonchev–Trinajstić information content (AvgIpc) is 3.12. The number of thiophene rings is 1. The lowest BCUT2D eigenvalue weighted by atomic mass is 10.1. The number of benzene rings is 1. The van der Waals surface area contributed by atoms with Crippen molar-refractivity contribution in [1.82, 2.24) is 10.2 Å². The Morgan fingerprint density at radius 3 is 2.70 bits per heavy atom. The van der Waals surface area contributed by atoms with Crippen LogP contribution in [-0.2, 0) is 11.3 Å². The minimum atomic E-state index is -0.350. The van der Waals surface area contributed by atoms with E-state index >= 15 is 0 Å². The van der Waals surface area contributed by atoms with Gasteiger partial charge in [-0.25, -0.2) is 0 Å². The topological polar surface area (TPSA) is 66.5 Å². The molecule has 2 aromatic rings. The monoisotopic (exact) mass is 392 g/mol. The number of carbonyl (C=O) groups is 3. The molecule has 3 amide bonds. The SMILES string of the molecule is O=C(CCN1C(=O)c2ccc(Br)cc2C1=O)NCc1cccs1. The quantitative estimate of drug-likeness (QED) is 0.795. The number of carbonyl (C=O) groups excluding carboxylic acids is 3. The van der Waals surface area contributed by atoms with Crippen LogP contribution in [0.2, 0.25) is 0 Å². The van der Waals surface area contributed by atoms with E-state index in [1.54, 1.807) is 29.5 Å². The Morgan fingerprint density at radius 1 is 1.17 bits per heavy atom. The highest BCUT2D eigenvalue weighted by atomic mass is 79.9. The lowest BCUT2D eigenvalue weighted by molar-refractivity contribution is -0.121. The van der Waals surface area contributed by atoms with Crippen LogP contribution in [0.4, 0.5) is 0 Å². The molecule has 7 heteroatoms. The Kier molecular flexibility index (Phi) is 4.58.